The Morgan fingerprint density at radius 1 is 0.955 bits per heavy atom. The van der Waals surface area contributed by atoms with E-state index >= 15 is 0 Å². The van der Waals surface area contributed by atoms with E-state index in [-0.39, 0.29) is 5.56 Å². The Labute approximate surface area is 124 Å². The molecule has 1 atom stereocenters. The molecule has 2 rings (SSSR count). The maximum absolute atomic E-state index is 13.3. The van der Waals surface area contributed by atoms with E-state index in [1.165, 1.54) is 42.5 Å². The summed E-state index contributed by atoms with van der Waals surface area (Å²) in [6, 6.07) is 11.7. The van der Waals surface area contributed by atoms with Gasteiger partial charge in [0.15, 0.2) is 11.4 Å². The molecule has 0 fully saturated rings. The number of rotatable bonds is 4. The minimum atomic E-state index is -5.03. The van der Waals surface area contributed by atoms with E-state index < -0.39 is 35.3 Å². The highest BCUT2D eigenvalue weighted by atomic mass is 19.4. The number of benzene rings is 2. The van der Waals surface area contributed by atoms with E-state index in [2.05, 4.69) is 0 Å². The normalized spacial score (nSPS) is 14.4. The van der Waals surface area contributed by atoms with Crippen LogP contribution >= 0.6 is 0 Å². The number of aliphatic hydroxyl groups is 1. The molecule has 0 aliphatic heterocycles. The lowest BCUT2D eigenvalue weighted by atomic mass is 9.86. The highest BCUT2D eigenvalue weighted by molar-refractivity contribution is 5.99. The van der Waals surface area contributed by atoms with Gasteiger partial charge in [0, 0.05) is 0 Å². The van der Waals surface area contributed by atoms with Crippen LogP contribution in [0.5, 0.6) is 5.75 Å². The minimum absolute atomic E-state index is 0.263. The van der Waals surface area contributed by atoms with Crippen molar-refractivity contribution in [3.63, 3.8) is 0 Å². The van der Waals surface area contributed by atoms with Crippen LogP contribution in [0.1, 0.15) is 22.3 Å². The molecule has 0 aliphatic rings. The average molecular weight is 310 g/mol. The Kier molecular flexibility index (Phi) is 4.23. The van der Waals surface area contributed by atoms with Crippen molar-refractivity contribution in [3.05, 3.63) is 65.7 Å². The number of Topliss-reactive ketones (excluding diaryl/α,β-unsaturated/α-hetero) is 1. The summed E-state index contributed by atoms with van der Waals surface area (Å²) in [4.78, 5) is 12.1. The van der Waals surface area contributed by atoms with Crippen LogP contribution in [-0.4, -0.2) is 22.2 Å². The van der Waals surface area contributed by atoms with Gasteiger partial charge in [-0.1, -0.05) is 42.5 Å². The highest BCUT2D eigenvalue weighted by Crippen LogP contribution is 2.42. The fourth-order valence-electron chi connectivity index (χ4n) is 2.12. The SMILES string of the molecule is O=C(C[C@](O)(c1ccccc1)C(F)(F)F)c1ccccc1O. The number of hydrogen-bond donors (Lipinski definition) is 2. The number of phenolic OH excluding ortho intramolecular Hbond substituents is 1. The van der Waals surface area contributed by atoms with Crippen LogP contribution in [-0.2, 0) is 5.60 Å². The minimum Gasteiger partial charge on any atom is -0.507 e. The third kappa shape index (κ3) is 2.96. The zero-order valence-corrected chi connectivity index (χ0v) is 11.3. The summed E-state index contributed by atoms with van der Waals surface area (Å²) < 4.78 is 39.9. The maximum Gasteiger partial charge on any atom is 0.421 e. The van der Waals surface area contributed by atoms with Gasteiger partial charge in [0.05, 0.1) is 12.0 Å². The zero-order valence-electron chi connectivity index (χ0n) is 11.3. The van der Waals surface area contributed by atoms with Gasteiger partial charge in [-0.15, -0.1) is 0 Å². The molecule has 6 heteroatoms. The predicted octanol–water partition coefficient (Wildman–Crippen LogP) is 3.42. The van der Waals surface area contributed by atoms with Gasteiger partial charge >= 0.3 is 6.18 Å². The highest BCUT2D eigenvalue weighted by Gasteiger charge is 2.56. The average Bonchev–Trinajstić information content (AvgIpc) is 2.47. The summed E-state index contributed by atoms with van der Waals surface area (Å²) in [6.07, 6.45) is -6.24. The van der Waals surface area contributed by atoms with Crippen molar-refractivity contribution >= 4 is 5.78 Å². The fraction of sp³-hybridized carbons (Fsp3) is 0.188. The van der Waals surface area contributed by atoms with Gasteiger partial charge in [0.2, 0.25) is 0 Å². The van der Waals surface area contributed by atoms with Crippen molar-refractivity contribution in [1.82, 2.24) is 0 Å². The number of alkyl halides is 3. The number of carbonyl (C=O) groups is 1. The summed E-state index contributed by atoms with van der Waals surface area (Å²) in [6.45, 7) is 0. The third-order valence-electron chi connectivity index (χ3n) is 3.34. The van der Waals surface area contributed by atoms with E-state index in [1.807, 2.05) is 0 Å². The molecule has 0 saturated heterocycles. The molecule has 116 valence electrons. The van der Waals surface area contributed by atoms with Gasteiger partial charge < -0.3 is 10.2 Å². The molecule has 0 heterocycles. The first-order valence-electron chi connectivity index (χ1n) is 6.41. The lowest BCUT2D eigenvalue weighted by Crippen LogP contribution is -2.44. The monoisotopic (exact) mass is 310 g/mol. The van der Waals surface area contributed by atoms with Crippen LogP contribution in [0.15, 0.2) is 54.6 Å². The van der Waals surface area contributed by atoms with Crippen LogP contribution in [0.25, 0.3) is 0 Å². The molecular weight excluding hydrogens is 297 g/mol. The quantitative estimate of drug-likeness (QED) is 0.851. The number of carbonyl (C=O) groups excluding carboxylic acids is 1. The van der Waals surface area contributed by atoms with Crippen molar-refractivity contribution in [2.24, 2.45) is 0 Å². The molecule has 0 aliphatic carbocycles. The van der Waals surface area contributed by atoms with Gasteiger partial charge in [-0.05, 0) is 17.7 Å². The Balaban J connectivity index is 2.41. The first-order chi connectivity index (χ1) is 10.3. The molecule has 0 spiro atoms. The van der Waals surface area contributed by atoms with Crippen molar-refractivity contribution < 1.29 is 28.2 Å². The molecule has 0 amide bonds. The van der Waals surface area contributed by atoms with Gasteiger partial charge in [-0.2, -0.15) is 13.2 Å². The van der Waals surface area contributed by atoms with Crippen molar-refractivity contribution in [2.45, 2.75) is 18.2 Å². The van der Waals surface area contributed by atoms with E-state index in [1.54, 1.807) is 0 Å². The Morgan fingerprint density at radius 2 is 1.50 bits per heavy atom. The molecule has 2 aromatic carbocycles. The Bertz CT molecular complexity index is 668. The van der Waals surface area contributed by atoms with Crippen molar-refractivity contribution in [1.29, 1.82) is 0 Å². The summed E-state index contributed by atoms with van der Waals surface area (Å²) in [7, 11) is 0. The zero-order chi connectivity index (χ0) is 16.4. The van der Waals surface area contributed by atoms with E-state index in [0.29, 0.717) is 0 Å². The topological polar surface area (TPSA) is 57.5 Å². The molecule has 0 unspecified atom stereocenters. The molecule has 3 nitrogen and oxygen atoms in total. The molecule has 0 radical (unpaired) electrons. The lowest BCUT2D eigenvalue weighted by molar-refractivity contribution is -0.264. The van der Waals surface area contributed by atoms with Crippen molar-refractivity contribution in [3.8, 4) is 5.75 Å². The van der Waals surface area contributed by atoms with Gasteiger partial charge in [-0.25, -0.2) is 0 Å². The van der Waals surface area contributed by atoms with Crippen LogP contribution in [0.2, 0.25) is 0 Å². The number of para-hydroxylation sites is 1. The second-order valence-corrected chi connectivity index (χ2v) is 4.84. The van der Waals surface area contributed by atoms with E-state index in [4.69, 9.17) is 0 Å². The number of phenols is 1. The molecule has 0 aromatic heterocycles. The van der Waals surface area contributed by atoms with Crippen LogP contribution in [0.3, 0.4) is 0 Å². The number of aromatic hydroxyl groups is 1. The maximum atomic E-state index is 13.3. The van der Waals surface area contributed by atoms with Crippen LogP contribution in [0, 0.1) is 0 Å². The summed E-state index contributed by atoms with van der Waals surface area (Å²) in [5.41, 5.74) is -4.00. The first kappa shape index (κ1) is 16.0. The summed E-state index contributed by atoms with van der Waals surface area (Å²) in [5.74, 6) is -1.42. The third-order valence-corrected chi connectivity index (χ3v) is 3.34. The number of hydrogen-bond acceptors (Lipinski definition) is 3. The first-order valence-corrected chi connectivity index (χ1v) is 6.41. The molecule has 2 aromatic rings. The lowest BCUT2D eigenvalue weighted by Gasteiger charge is -2.30. The Morgan fingerprint density at radius 3 is 2.05 bits per heavy atom. The number of ketones is 1. The van der Waals surface area contributed by atoms with Crippen LogP contribution in [0.4, 0.5) is 13.2 Å². The van der Waals surface area contributed by atoms with Gasteiger partial charge in [-0.3, -0.25) is 4.79 Å². The molecule has 22 heavy (non-hydrogen) atoms. The summed E-state index contributed by atoms with van der Waals surface area (Å²) in [5, 5.41) is 19.7. The van der Waals surface area contributed by atoms with Crippen LogP contribution < -0.4 is 0 Å². The standard InChI is InChI=1S/C16H13F3O3/c17-16(18,19)15(22,11-6-2-1-3-7-11)10-14(21)12-8-4-5-9-13(12)20/h1-9,20,22H,10H2/t15-/m0/s1. The summed E-state index contributed by atoms with van der Waals surface area (Å²) >= 11 is 0. The molecule has 0 saturated carbocycles. The number of halogens is 3. The molecular formula is C16H13F3O3. The van der Waals surface area contributed by atoms with E-state index in [9.17, 15) is 28.2 Å². The predicted molar refractivity (Wildman–Crippen MR) is 73.4 cm³/mol. The second-order valence-electron chi connectivity index (χ2n) is 4.84. The second kappa shape index (κ2) is 5.81. The van der Waals surface area contributed by atoms with E-state index in [0.717, 1.165) is 12.1 Å². The molecule has 2 N–H and O–H groups in total. The van der Waals surface area contributed by atoms with Gasteiger partial charge in [0.25, 0.3) is 0 Å². The largest absolute Gasteiger partial charge is 0.507 e. The fourth-order valence-corrected chi connectivity index (χ4v) is 2.12. The molecule has 0 bridgehead atoms. The van der Waals surface area contributed by atoms with Gasteiger partial charge in [0.1, 0.15) is 5.75 Å². The van der Waals surface area contributed by atoms with Crippen molar-refractivity contribution in [2.75, 3.05) is 0 Å². The smallest absolute Gasteiger partial charge is 0.421 e. The Hall–Kier alpha value is -2.34.